The van der Waals surface area contributed by atoms with Crippen LogP contribution in [0.4, 0.5) is 9.59 Å². The minimum absolute atomic E-state index is 0.0893. The number of carbonyl (C=O) groups excluding carboxylic acids is 3. The highest BCUT2D eigenvalue weighted by atomic mass is 32.1. The van der Waals surface area contributed by atoms with Gasteiger partial charge >= 0.3 is 12.2 Å². The number of amides is 2. The summed E-state index contributed by atoms with van der Waals surface area (Å²) < 4.78 is 10.3. The predicted octanol–water partition coefficient (Wildman–Crippen LogP) is 5.45. The molecular formula is C23H28N2O5S2. The minimum atomic E-state index is -0.531. The van der Waals surface area contributed by atoms with Crippen LogP contribution in [-0.2, 0) is 14.3 Å². The van der Waals surface area contributed by atoms with Gasteiger partial charge in [-0.15, -0.1) is 22.7 Å². The molecule has 2 aromatic heterocycles. The van der Waals surface area contributed by atoms with Gasteiger partial charge in [0.15, 0.2) is 0 Å². The summed E-state index contributed by atoms with van der Waals surface area (Å²) in [7, 11) is 3.22. The Hall–Kier alpha value is -2.91. The fraction of sp³-hybridized carbons (Fsp3) is 0.348. The van der Waals surface area contributed by atoms with Gasteiger partial charge in [0.05, 0.1) is 12.1 Å². The van der Waals surface area contributed by atoms with Crippen molar-refractivity contribution in [1.29, 1.82) is 0 Å². The molecule has 0 aromatic carbocycles. The van der Waals surface area contributed by atoms with Crippen molar-refractivity contribution in [1.82, 2.24) is 9.80 Å². The number of rotatable bonds is 12. The molecule has 7 nitrogen and oxygen atoms in total. The third-order valence-electron chi connectivity index (χ3n) is 4.75. The number of hydrogen-bond donors (Lipinski definition) is 0. The van der Waals surface area contributed by atoms with Crippen LogP contribution < -0.4 is 0 Å². The van der Waals surface area contributed by atoms with Crippen molar-refractivity contribution in [2.45, 2.75) is 24.9 Å². The lowest BCUT2D eigenvalue weighted by Crippen LogP contribution is -2.35. The predicted molar refractivity (Wildman–Crippen MR) is 127 cm³/mol. The van der Waals surface area contributed by atoms with Gasteiger partial charge in [-0.3, -0.25) is 4.79 Å². The fourth-order valence-corrected chi connectivity index (χ4v) is 4.79. The molecule has 0 spiro atoms. The molecule has 0 radical (unpaired) electrons. The van der Waals surface area contributed by atoms with Crippen molar-refractivity contribution in [3.05, 3.63) is 70.1 Å². The molecule has 0 aliphatic heterocycles. The van der Waals surface area contributed by atoms with E-state index in [-0.39, 0.29) is 31.8 Å². The summed E-state index contributed by atoms with van der Waals surface area (Å²) in [6, 6.07) is 6.57. The molecule has 0 N–H and O–H groups in total. The number of Topliss-reactive ketones (excluding diaryl/α,β-unsaturated/α-hetero) is 1. The molecule has 9 heteroatoms. The third kappa shape index (κ3) is 7.06. The van der Waals surface area contributed by atoms with E-state index >= 15 is 0 Å². The zero-order valence-electron chi connectivity index (χ0n) is 18.3. The molecule has 0 fully saturated rings. The van der Waals surface area contributed by atoms with Crippen LogP contribution in [0.2, 0.25) is 0 Å². The molecule has 2 rings (SSSR count). The second-order valence-electron chi connectivity index (χ2n) is 6.96. The van der Waals surface area contributed by atoms with E-state index < -0.39 is 24.3 Å². The van der Waals surface area contributed by atoms with E-state index in [0.717, 1.165) is 9.75 Å². The zero-order valence-corrected chi connectivity index (χ0v) is 19.9. The number of hydrogen-bond acceptors (Lipinski definition) is 7. The Morgan fingerprint density at radius 3 is 1.59 bits per heavy atom. The third-order valence-corrected chi connectivity index (χ3v) is 6.69. The van der Waals surface area contributed by atoms with E-state index in [2.05, 4.69) is 13.2 Å². The van der Waals surface area contributed by atoms with Gasteiger partial charge in [-0.05, 0) is 22.9 Å². The van der Waals surface area contributed by atoms with Crippen LogP contribution in [0.25, 0.3) is 0 Å². The van der Waals surface area contributed by atoms with Crippen molar-refractivity contribution in [3.63, 3.8) is 0 Å². The van der Waals surface area contributed by atoms with E-state index in [1.807, 2.05) is 35.0 Å². The molecule has 0 saturated heterocycles. The van der Waals surface area contributed by atoms with Crippen LogP contribution in [0.1, 0.15) is 34.7 Å². The maximum Gasteiger partial charge on any atom is 0.410 e. The summed E-state index contributed by atoms with van der Waals surface area (Å²) in [6.45, 7) is 7.27. The summed E-state index contributed by atoms with van der Waals surface area (Å²) in [5.74, 6) is -0.0893. The van der Waals surface area contributed by atoms with Crippen LogP contribution in [0.5, 0.6) is 0 Å². The first-order valence-corrected chi connectivity index (χ1v) is 11.7. The highest BCUT2D eigenvalue weighted by molar-refractivity contribution is 7.10. The Bertz CT molecular complexity index is 823. The molecule has 2 unspecified atom stereocenters. The standard InChI is InChI=1S/C23H28N2O5S2/c1-5-11-29-22(27)24(3)18(20-9-7-13-31-20)15-17(26)16-19(21-10-8-14-32-21)25(4)23(28)30-12-6-2/h5-10,13-14,18-19H,1-2,11-12,15-16H2,3-4H3. The lowest BCUT2D eigenvalue weighted by molar-refractivity contribution is -0.121. The van der Waals surface area contributed by atoms with E-state index in [9.17, 15) is 14.4 Å². The van der Waals surface area contributed by atoms with Crippen molar-refractivity contribution in [2.24, 2.45) is 0 Å². The molecule has 2 aromatic rings. The average molecular weight is 477 g/mol. The molecule has 2 heterocycles. The lowest BCUT2D eigenvalue weighted by atomic mass is 10.0. The maximum atomic E-state index is 13.2. The van der Waals surface area contributed by atoms with Crippen molar-refractivity contribution in [3.8, 4) is 0 Å². The molecule has 0 aliphatic rings. The quantitative estimate of drug-likeness (QED) is 0.381. The van der Waals surface area contributed by atoms with Gasteiger partial charge in [0.25, 0.3) is 0 Å². The van der Waals surface area contributed by atoms with E-state index in [1.54, 1.807) is 14.1 Å². The molecule has 0 aliphatic carbocycles. The van der Waals surface area contributed by atoms with Crippen LogP contribution in [0, 0.1) is 0 Å². The average Bonchev–Trinajstić information content (AvgIpc) is 3.51. The SMILES string of the molecule is C=CCOC(=O)N(C)C(CC(=O)CC(c1cccs1)N(C)C(=O)OCC=C)c1cccs1. The fourth-order valence-electron chi connectivity index (χ4n) is 3.05. The smallest absolute Gasteiger partial charge is 0.410 e. The molecule has 0 saturated carbocycles. The molecular weight excluding hydrogens is 448 g/mol. The Morgan fingerprint density at radius 1 is 0.875 bits per heavy atom. The van der Waals surface area contributed by atoms with Crippen molar-refractivity contribution in [2.75, 3.05) is 27.3 Å². The monoisotopic (exact) mass is 476 g/mol. The normalized spacial score (nSPS) is 12.3. The Kier molecular flexibility index (Phi) is 10.2. The molecule has 2 amide bonds. The first-order valence-electron chi connectivity index (χ1n) is 9.98. The minimum Gasteiger partial charge on any atom is -0.445 e. The number of ether oxygens (including phenoxy) is 2. The van der Waals surface area contributed by atoms with Gasteiger partial charge in [-0.1, -0.05) is 37.4 Å². The van der Waals surface area contributed by atoms with Gasteiger partial charge in [0.1, 0.15) is 19.0 Å². The second kappa shape index (κ2) is 12.8. The van der Waals surface area contributed by atoms with Gasteiger partial charge in [0, 0.05) is 36.7 Å². The lowest BCUT2D eigenvalue weighted by Gasteiger charge is -2.29. The van der Waals surface area contributed by atoms with E-state index in [1.165, 1.54) is 44.6 Å². The Balaban J connectivity index is 2.17. The Morgan fingerprint density at radius 2 is 1.28 bits per heavy atom. The van der Waals surface area contributed by atoms with Gasteiger partial charge in [-0.25, -0.2) is 9.59 Å². The summed E-state index contributed by atoms with van der Waals surface area (Å²) in [5, 5.41) is 3.79. The first kappa shape index (κ1) is 25.4. The largest absolute Gasteiger partial charge is 0.445 e. The summed E-state index contributed by atoms with van der Waals surface area (Å²) >= 11 is 2.93. The topological polar surface area (TPSA) is 76.2 Å². The molecule has 0 bridgehead atoms. The zero-order chi connectivity index (χ0) is 23.5. The highest BCUT2D eigenvalue weighted by Gasteiger charge is 2.30. The molecule has 172 valence electrons. The molecule has 2 atom stereocenters. The first-order chi connectivity index (χ1) is 15.4. The number of ketones is 1. The van der Waals surface area contributed by atoms with Crippen LogP contribution in [0.3, 0.4) is 0 Å². The van der Waals surface area contributed by atoms with Crippen molar-refractivity contribution < 1.29 is 23.9 Å². The van der Waals surface area contributed by atoms with E-state index in [0.29, 0.717) is 0 Å². The van der Waals surface area contributed by atoms with Crippen LogP contribution >= 0.6 is 22.7 Å². The summed E-state index contributed by atoms with van der Waals surface area (Å²) in [4.78, 5) is 42.6. The molecule has 32 heavy (non-hydrogen) atoms. The summed E-state index contributed by atoms with van der Waals surface area (Å²) in [5.41, 5.74) is 0. The van der Waals surface area contributed by atoms with Gasteiger partial charge in [-0.2, -0.15) is 0 Å². The van der Waals surface area contributed by atoms with Crippen LogP contribution in [-0.4, -0.2) is 55.1 Å². The van der Waals surface area contributed by atoms with Gasteiger partial charge in [0.2, 0.25) is 0 Å². The highest BCUT2D eigenvalue weighted by Crippen LogP contribution is 2.32. The number of thiophene rings is 2. The van der Waals surface area contributed by atoms with Gasteiger partial charge < -0.3 is 19.3 Å². The maximum absolute atomic E-state index is 13.2. The van der Waals surface area contributed by atoms with E-state index in [4.69, 9.17) is 9.47 Å². The van der Waals surface area contributed by atoms with Crippen molar-refractivity contribution >= 4 is 40.6 Å². The number of carbonyl (C=O) groups is 3. The number of nitrogens with zero attached hydrogens (tertiary/aromatic N) is 2. The Labute approximate surface area is 196 Å². The summed E-state index contributed by atoms with van der Waals surface area (Å²) in [6.07, 6.45) is 2.11. The second-order valence-corrected chi connectivity index (χ2v) is 8.92. The van der Waals surface area contributed by atoms with Crippen LogP contribution in [0.15, 0.2) is 60.3 Å².